The topological polar surface area (TPSA) is 52.5 Å². The Morgan fingerprint density at radius 3 is 2.82 bits per heavy atom. The Bertz CT molecular complexity index is 354. The third-order valence-electron chi connectivity index (χ3n) is 3.21. The van der Waals surface area contributed by atoms with Gasteiger partial charge in [-0.1, -0.05) is 0 Å². The molecule has 1 unspecified atom stereocenters. The summed E-state index contributed by atoms with van der Waals surface area (Å²) in [6.45, 7) is 5.35. The van der Waals surface area contributed by atoms with Crippen molar-refractivity contribution in [3.8, 4) is 0 Å². The molecule has 94 valence electrons. The maximum atomic E-state index is 8.95. The van der Waals surface area contributed by atoms with Crippen LogP contribution in [-0.4, -0.2) is 52.9 Å². The highest BCUT2D eigenvalue weighted by Gasteiger charge is 2.20. The van der Waals surface area contributed by atoms with E-state index >= 15 is 0 Å². The van der Waals surface area contributed by atoms with Crippen molar-refractivity contribution in [3.05, 3.63) is 17.8 Å². The van der Waals surface area contributed by atoms with Gasteiger partial charge in [0.25, 0.3) is 0 Å². The van der Waals surface area contributed by atoms with Gasteiger partial charge in [0.15, 0.2) is 5.82 Å². The molecule has 0 aromatic carbocycles. The van der Waals surface area contributed by atoms with E-state index in [0.29, 0.717) is 11.7 Å². The summed E-state index contributed by atoms with van der Waals surface area (Å²) < 4.78 is 0. The van der Waals surface area contributed by atoms with E-state index in [4.69, 9.17) is 5.11 Å². The van der Waals surface area contributed by atoms with Gasteiger partial charge in [0.1, 0.15) is 0 Å². The number of hydrogen-bond donors (Lipinski definition) is 1. The van der Waals surface area contributed by atoms with Crippen molar-refractivity contribution in [2.75, 3.05) is 31.6 Å². The van der Waals surface area contributed by atoms with Crippen molar-refractivity contribution in [1.82, 2.24) is 15.1 Å². The highest BCUT2D eigenvalue weighted by molar-refractivity contribution is 5.38. The third kappa shape index (κ3) is 2.92. The van der Waals surface area contributed by atoms with Gasteiger partial charge < -0.3 is 14.9 Å². The molecule has 17 heavy (non-hydrogen) atoms. The zero-order valence-corrected chi connectivity index (χ0v) is 10.5. The van der Waals surface area contributed by atoms with Gasteiger partial charge in [-0.05, 0) is 39.1 Å². The molecule has 0 spiro atoms. The molecule has 1 fully saturated rings. The summed E-state index contributed by atoms with van der Waals surface area (Å²) in [5, 5.41) is 17.1. The highest BCUT2D eigenvalue weighted by atomic mass is 16.3. The molecule has 5 nitrogen and oxygen atoms in total. The smallest absolute Gasteiger partial charge is 0.151 e. The molecule has 1 N–H and O–H groups in total. The zero-order valence-electron chi connectivity index (χ0n) is 10.5. The van der Waals surface area contributed by atoms with E-state index < -0.39 is 0 Å². The second-order valence-electron chi connectivity index (χ2n) is 4.70. The monoisotopic (exact) mass is 236 g/mol. The molecular formula is C12H20N4O. The molecule has 0 radical (unpaired) electrons. The van der Waals surface area contributed by atoms with E-state index in [2.05, 4.69) is 34.0 Å². The summed E-state index contributed by atoms with van der Waals surface area (Å²) in [5.41, 5.74) is 0.619. The van der Waals surface area contributed by atoms with Gasteiger partial charge in [-0.2, -0.15) is 5.10 Å². The predicted octanol–water partition coefficient (Wildman–Crippen LogP) is 0.499. The van der Waals surface area contributed by atoms with Crippen LogP contribution in [0.2, 0.25) is 0 Å². The van der Waals surface area contributed by atoms with Gasteiger partial charge in [-0.3, -0.25) is 0 Å². The predicted molar refractivity (Wildman–Crippen MR) is 66.9 cm³/mol. The summed E-state index contributed by atoms with van der Waals surface area (Å²) in [6.07, 6.45) is 1.14. The fourth-order valence-electron chi connectivity index (χ4n) is 2.30. The molecule has 2 heterocycles. The van der Waals surface area contributed by atoms with E-state index in [0.717, 1.165) is 31.9 Å². The molecule has 0 saturated carbocycles. The van der Waals surface area contributed by atoms with Crippen molar-refractivity contribution >= 4 is 5.82 Å². The highest BCUT2D eigenvalue weighted by Crippen LogP contribution is 2.17. The van der Waals surface area contributed by atoms with Gasteiger partial charge in [0, 0.05) is 19.1 Å². The van der Waals surface area contributed by atoms with Crippen LogP contribution < -0.4 is 4.90 Å². The minimum absolute atomic E-state index is 0.0500. The zero-order chi connectivity index (χ0) is 12.3. The number of rotatable bonds is 2. The maximum absolute atomic E-state index is 8.95. The second-order valence-corrected chi connectivity index (χ2v) is 4.70. The van der Waals surface area contributed by atoms with Crippen LogP contribution in [-0.2, 0) is 6.61 Å². The molecule has 0 amide bonds. The van der Waals surface area contributed by atoms with Gasteiger partial charge in [-0.15, -0.1) is 5.10 Å². The first kappa shape index (κ1) is 12.3. The quantitative estimate of drug-likeness (QED) is 0.810. The second kappa shape index (κ2) is 5.42. The fraction of sp³-hybridized carbons (Fsp3) is 0.667. The Morgan fingerprint density at radius 2 is 2.18 bits per heavy atom. The molecule has 1 saturated heterocycles. The van der Waals surface area contributed by atoms with Crippen molar-refractivity contribution in [3.63, 3.8) is 0 Å². The Hall–Kier alpha value is -1.20. The molecule has 1 aromatic heterocycles. The minimum Gasteiger partial charge on any atom is -0.390 e. The van der Waals surface area contributed by atoms with E-state index in [1.165, 1.54) is 0 Å². The number of likely N-dealkylation sites (N-methyl/N-ethyl adjacent to an activating group) is 1. The van der Waals surface area contributed by atoms with Crippen LogP contribution >= 0.6 is 0 Å². The number of hydrogen-bond acceptors (Lipinski definition) is 5. The summed E-state index contributed by atoms with van der Waals surface area (Å²) in [6, 6.07) is 4.22. The average molecular weight is 236 g/mol. The van der Waals surface area contributed by atoms with Crippen LogP contribution in [0.3, 0.4) is 0 Å². The number of aromatic nitrogens is 2. The standard InChI is InChI=1S/C12H20N4O/c1-10-8-15(2)6-3-7-16(10)12-5-4-11(9-17)13-14-12/h4-5,10,17H,3,6-9H2,1-2H3. The number of aliphatic hydroxyl groups is 1. The molecule has 0 aliphatic carbocycles. The lowest BCUT2D eigenvalue weighted by atomic mass is 10.2. The van der Waals surface area contributed by atoms with Crippen molar-refractivity contribution in [2.45, 2.75) is 26.0 Å². The third-order valence-corrected chi connectivity index (χ3v) is 3.21. The summed E-state index contributed by atoms with van der Waals surface area (Å²) in [7, 11) is 2.15. The van der Waals surface area contributed by atoms with Crippen molar-refractivity contribution in [1.29, 1.82) is 0 Å². The first-order valence-electron chi connectivity index (χ1n) is 6.09. The average Bonchev–Trinajstić information content (AvgIpc) is 2.50. The lowest BCUT2D eigenvalue weighted by molar-refractivity contribution is 0.275. The summed E-state index contributed by atoms with van der Waals surface area (Å²) >= 11 is 0. The van der Waals surface area contributed by atoms with Gasteiger partial charge in [0.2, 0.25) is 0 Å². The van der Waals surface area contributed by atoms with Gasteiger partial charge in [-0.25, -0.2) is 0 Å². The van der Waals surface area contributed by atoms with E-state index in [1.807, 2.05) is 12.1 Å². The Kier molecular flexibility index (Phi) is 3.91. The Balaban J connectivity index is 2.13. The van der Waals surface area contributed by atoms with Crippen LogP contribution in [0.1, 0.15) is 19.0 Å². The van der Waals surface area contributed by atoms with Crippen LogP contribution in [0.25, 0.3) is 0 Å². The number of anilines is 1. The van der Waals surface area contributed by atoms with Crippen molar-refractivity contribution < 1.29 is 5.11 Å². The normalized spacial score (nSPS) is 22.5. The largest absolute Gasteiger partial charge is 0.390 e. The first-order chi connectivity index (χ1) is 8.20. The number of nitrogens with zero attached hydrogens (tertiary/aromatic N) is 4. The van der Waals surface area contributed by atoms with Crippen LogP contribution in [0, 0.1) is 0 Å². The molecule has 1 aliphatic rings. The SMILES string of the molecule is CC1CN(C)CCCN1c1ccc(CO)nn1. The van der Waals surface area contributed by atoms with Crippen LogP contribution in [0.15, 0.2) is 12.1 Å². The van der Waals surface area contributed by atoms with Gasteiger partial charge in [0.05, 0.1) is 12.3 Å². The van der Waals surface area contributed by atoms with Crippen LogP contribution in [0.4, 0.5) is 5.82 Å². The van der Waals surface area contributed by atoms with E-state index in [-0.39, 0.29) is 6.61 Å². The van der Waals surface area contributed by atoms with Gasteiger partial charge >= 0.3 is 0 Å². The minimum atomic E-state index is -0.0500. The Labute approximate surface area is 102 Å². The lowest BCUT2D eigenvalue weighted by Gasteiger charge is -2.28. The van der Waals surface area contributed by atoms with E-state index in [1.54, 1.807) is 0 Å². The molecule has 1 atom stereocenters. The maximum Gasteiger partial charge on any atom is 0.151 e. The lowest BCUT2D eigenvalue weighted by Crippen LogP contribution is -2.38. The Morgan fingerprint density at radius 1 is 1.35 bits per heavy atom. The van der Waals surface area contributed by atoms with Crippen molar-refractivity contribution in [2.24, 2.45) is 0 Å². The first-order valence-corrected chi connectivity index (χ1v) is 6.09. The van der Waals surface area contributed by atoms with E-state index in [9.17, 15) is 0 Å². The molecule has 0 bridgehead atoms. The molecule has 1 aliphatic heterocycles. The summed E-state index contributed by atoms with van der Waals surface area (Å²) in [4.78, 5) is 4.64. The molecule has 1 aromatic rings. The molecular weight excluding hydrogens is 216 g/mol. The molecule has 5 heteroatoms. The summed E-state index contributed by atoms with van der Waals surface area (Å²) in [5.74, 6) is 0.907. The van der Waals surface area contributed by atoms with Crippen LogP contribution in [0.5, 0.6) is 0 Å². The number of aliphatic hydroxyl groups excluding tert-OH is 1. The fourth-order valence-corrected chi connectivity index (χ4v) is 2.30. The molecule has 2 rings (SSSR count).